The van der Waals surface area contributed by atoms with Crippen molar-refractivity contribution in [3.05, 3.63) is 58.4 Å². The van der Waals surface area contributed by atoms with Gasteiger partial charge >= 0.3 is 11.9 Å². The van der Waals surface area contributed by atoms with Crippen molar-refractivity contribution in [3.63, 3.8) is 0 Å². The fourth-order valence-corrected chi connectivity index (χ4v) is 2.63. The summed E-state index contributed by atoms with van der Waals surface area (Å²) in [5.41, 5.74) is 4.36. The molecule has 1 heterocycles. The number of carbonyl (C=O) groups excluding carboxylic acids is 2. The van der Waals surface area contributed by atoms with Crippen LogP contribution in [-0.2, 0) is 27.3 Å². The summed E-state index contributed by atoms with van der Waals surface area (Å²) in [5.74, 6) is -0.631. The Bertz CT molecular complexity index is 704. The largest absolute Gasteiger partial charge is 0.466 e. The highest BCUT2D eigenvalue weighted by atomic mass is 16.5. The maximum Gasteiger partial charge on any atom is 0.355 e. The molecule has 0 aliphatic carbocycles. The van der Waals surface area contributed by atoms with Gasteiger partial charge in [-0.2, -0.15) is 0 Å². The standard InChI is InChI=1S/C19H23NO4/c1-13-17(10-7-11-23-15(3)21)14(2)20-18(13)19(22)24-12-16-8-5-4-6-9-16/h4-6,8-9,20H,7,10-12H2,1-3H3. The van der Waals surface area contributed by atoms with Gasteiger partial charge in [0, 0.05) is 12.6 Å². The first-order valence-corrected chi connectivity index (χ1v) is 8.01. The molecule has 5 heteroatoms. The van der Waals surface area contributed by atoms with E-state index in [1.165, 1.54) is 6.92 Å². The maximum atomic E-state index is 12.3. The molecule has 1 aromatic carbocycles. The van der Waals surface area contributed by atoms with E-state index in [0.717, 1.165) is 35.2 Å². The zero-order chi connectivity index (χ0) is 17.5. The van der Waals surface area contributed by atoms with Crippen molar-refractivity contribution in [1.29, 1.82) is 0 Å². The van der Waals surface area contributed by atoms with E-state index in [1.807, 2.05) is 44.2 Å². The molecule has 2 rings (SSSR count). The Balaban J connectivity index is 1.96. The topological polar surface area (TPSA) is 68.4 Å². The number of benzene rings is 1. The molecule has 0 saturated heterocycles. The first-order valence-electron chi connectivity index (χ1n) is 8.01. The second-order valence-corrected chi connectivity index (χ2v) is 5.73. The van der Waals surface area contributed by atoms with Gasteiger partial charge in [-0.3, -0.25) is 4.79 Å². The van der Waals surface area contributed by atoms with Crippen LogP contribution in [0.2, 0.25) is 0 Å². The number of ether oxygens (including phenoxy) is 2. The van der Waals surface area contributed by atoms with Crippen molar-refractivity contribution in [2.24, 2.45) is 0 Å². The minimum Gasteiger partial charge on any atom is -0.466 e. The molecule has 0 fully saturated rings. The van der Waals surface area contributed by atoms with E-state index < -0.39 is 0 Å². The van der Waals surface area contributed by atoms with Crippen LogP contribution in [0.25, 0.3) is 0 Å². The van der Waals surface area contributed by atoms with Crippen molar-refractivity contribution in [2.45, 2.75) is 40.2 Å². The molecule has 0 aliphatic heterocycles. The highest BCUT2D eigenvalue weighted by Gasteiger charge is 2.18. The molecule has 0 atom stereocenters. The number of hydrogen-bond donors (Lipinski definition) is 1. The SMILES string of the molecule is CC(=O)OCCCc1c(C)[nH]c(C(=O)OCc2ccccc2)c1C. The number of aryl methyl sites for hydroxylation is 1. The highest BCUT2D eigenvalue weighted by molar-refractivity contribution is 5.89. The Labute approximate surface area is 142 Å². The molecule has 0 amide bonds. The molecule has 128 valence electrons. The van der Waals surface area contributed by atoms with E-state index in [1.54, 1.807) is 0 Å². The Kier molecular flexibility index (Phi) is 6.18. The van der Waals surface area contributed by atoms with E-state index in [2.05, 4.69) is 4.98 Å². The quantitative estimate of drug-likeness (QED) is 0.624. The summed E-state index contributed by atoms with van der Waals surface area (Å²) in [6.45, 7) is 5.87. The van der Waals surface area contributed by atoms with Crippen LogP contribution in [0.5, 0.6) is 0 Å². The van der Waals surface area contributed by atoms with Gasteiger partial charge in [0.1, 0.15) is 12.3 Å². The van der Waals surface area contributed by atoms with E-state index in [0.29, 0.717) is 12.3 Å². The van der Waals surface area contributed by atoms with E-state index in [9.17, 15) is 9.59 Å². The summed E-state index contributed by atoms with van der Waals surface area (Å²) < 4.78 is 10.3. The molecule has 0 aliphatic rings. The average molecular weight is 329 g/mol. The molecule has 0 radical (unpaired) electrons. The van der Waals surface area contributed by atoms with Gasteiger partial charge in [-0.25, -0.2) is 4.79 Å². The van der Waals surface area contributed by atoms with E-state index in [4.69, 9.17) is 9.47 Å². The highest BCUT2D eigenvalue weighted by Crippen LogP contribution is 2.20. The molecule has 0 bridgehead atoms. The van der Waals surface area contributed by atoms with Gasteiger partial charge in [-0.15, -0.1) is 0 Å². The molecule has 0 saturated carbocycles. The lowest BCUT2D eigenvalue weighted by molar-refractivity contribution is -0.141. The smallest absolute Gasteiger partial charge is 0.355 e. The third kappa shape index (κ3) is 4.72. The second kappa shape index (κ2) is 8.34. The van der Waals surface area contributed by atoms with Crippen molar-refractivity contribution in [1.82, 2.24) is 4.98 Å². The number of nitrogens with one attached hydrogen (secondary N) is 1. The van der Waals surface area contributed by atoms with Gasteiger partial charge in [-0.05, 0) is 43.4 Å². The lowest BCUT2D eigenvalue weighted by Gasteiger charge is -2.05. The Hall–Kier alpha value is -2.56. The number of rotatable bonds is 7. The van der Waals surface area contributed by atoms with Crippen molar-refractivity contribution in [2.75, 3.05) is 6.61 Å². The number of aromatic amines is 1. The van der Waals surface area contributed by atoms with Crippen LogP contribution in [0.4, 0.5) is 0 Å². The average Bonchev–Trinajstić information content (AvgIpc) is 2.85. The van der Waals surface area contributed by atoms with Gasteiger partial charge in [0.2, 0.25) is 0 Å². The van der Waals surface area contributed by atoms with Crippen LogP contribution in [0.3, 0.4) is 0 Å². The monoisotopic (exact) mass is 329 g/mol. The van der Waals surface area contributed by atoms with Crippen molar-refractivity contribution >= 4 is 11.9 Å². The number of esters is 2. The number of aromatic nitrogens is 1. The normalized spacial score (nSPS) is 10.5. The fourth-order valence-electron chi connectivity index (χ4n) is 2.63. The molecule has 1 aromatic heterocycles. The summed E-state index contributed by atoms with van der Waals surface area (Å²) in [4.78, 5) is 26.2. The van der Waals surface area contributed by atoms with Crippen molar-refractivity contribution in [3.8, 4) is 0 Å². The van der Waals surface area contributed by atoms with Crippen LogP contribution in [0.1, 0.15) is 46.2 Å². The number of carbonyl (C=O) groups is 2. The van der Waals surface area contributed by atoms with Gasteiger partial charge in [-0.1, -0.05) is 30.3 Å². The lowest BCUT2D eigenvalue weighted by Crippen LogP contribution is -2.07. The van der Waals surface area contributed by atoms with E-state index in [-0.39, 0.29) is 18.5 Å². The van der Waals surface area contributed by atoms with Gasteiger partial charge < -0.3 is 14.5 Å². The molecule has 1 N–H and O–H groups in total. The van der Waals surface area contributed by atoms with Gasteiger partial charge in [0.25, 0.3) is 0 Å². The molecule has 5 nitrogen and oxygen atoms in total. The zero-order valence-electron chi connectivity index (χ0n) is 14.3. The third-order valence-corrected chi connectivity index (χ3v) is 3.89. The summed E-state index contributed by atoms with van der Waals surface area (Å²) in [6.07, 6.45) is 1.46. The summed E-state index contributed by atoms with van der Waals surface area (Å²) in [7, 11) is 0. The molecule has 2 aromatic rings. The van der Waals surface area contributed by atoms with Crippen LogP contribution < -0.4 is 0 Å². The van der Waals surface area contributed by atoms with Crippen molar-refractivity contribution < 1.29 is 19.1 Å². The first-order chi connectivity index (χ1) is 11.5. The van der Waals surface area contributed by atoms with Crippen LogP contribution in [-0.4, -0.2) is 23.5 Å². The van der Waals surface area contributed by atoms with Crippen LogP contribution >= 0.6 is 0 Å². The summed E-state index contributed by atoms with van der Waals surface area (Å²) in [5, 5.41) is 0. The molecular formula is C19H23NO4. The second-order valence-electron chi connectivity index (χ2n) is 5.73. The Morgan fingerprint density at radius 3 is 2.46 bits per heavy atom. The van der Waals surface area contributed by atoms with Crippen LogP contribution in [0, 0.1) is 13.8 Å². The number of hydrogen-bond acceptors (Lipinski definition) is 4. The third-order valence-electron chi connectivity index (χ3n) is 3.89. The number of H-pyrrole nitrogens is 1. The minimum absolute atomic E-state index is 0.249. The van der Waals surface area contributed by atoms with E-state index >= 15 is 0 Å². The lowest BCUT2D eigenvalue weighted by atomic mass is 10.1. The zero-order valence-corrected chi connectivity index (χ0v) is 14.3. The maximum absolute atomic E-state index is 12.3. The van der Waals surface area contributed by atoms with Crippen LogP contribution in [0.15, 0.2) is 30.3 Å². The predicted octanol–water partition coefficient (Wildman–Crippen LogP) is 3.48. The first kappa shape index (κ1) is 17.8. The van der Waals surface area contributed by atoms with Gasteiger partial charge in [0.15, 0.2) is 0 Å². The summed E-state index contributed by atoms with van der Waals surface area (Å²) in [6, 6.07) is 9.58. The van der Waals surface area contributed by atoms with Gasteiger partial charge in [0.05, 0.1) is 6.61 Å². The molecule has 24 heavy (non-hydrogen) atoms. The predicted molar refractivity (Wildman–Crippen MR) is 90.8 cm³/mol. The molecule has 0 unspecified atom stereocenters. The minimum atomic E-state index is -0.356. The Morgan fingerprint density at radius 2 is 1.79 bits per heavy atom. The molecule has 0 spiro atoms. The fraction of sp³-hybridized carbons (Fsp3) is 0.368. The Morgan fingerprint density at radius 1 is 1.08 bits per heavy atom. The molecular weight excluding hydrogens is 306 g/mol. The summed E-state index contributed by atoms with van der Waals surface area (Å²) >= 11 is 0.